The van der Waals surface area contributed by atoms with Gasteiger partial charge in [-0.15, -0.1) is 0 Å². The second-order valence-electron chi connectivity index (χ2n) is 5.05. The Hall–Kier alpha value is -2.37. The molecule has 1 aromatic heterocycles. The van der Waals surface area contributed by atoms with Gasteiger partial charge < -0.3 is 10.4 Å². The van der Waals surface area contributed by atoms with Crippen molar-refractivity contribution in [2.75, 3.05) is 5.32 Å². The van der Waals surface area contributed by atoms with Gasteiger partial charge in [0, 0.05) is 6.20 Å². The molecule has 0 fully saturated rings. The van der Waals surface area contributed by atoms with E-state index in [1.165, 1.54) is 12.1 Å². The third-order valence-electron chi connectivity index (χ3n) is 3.41. The van der Waals surface area contributed by atoms with Crippen molar-refractivity contribution in [3.8, 4) is 5.69 Å². The molecule has 0 aliphatic rings. The number of aromatic nitrogens is 2. The average Bonchev–Trinajstić information content (AvgIpc) is 3.04. The Bertz CT molecular complexity index is 802. The first kappa shape index (κ1) is 15.5. The van der Waals surface area contributed by atoms with E-state index in [2.05, 4.69) is 10.4 Å². The second-order valence-corrected chi connectivity index (χ2v) is 5.46. The first-order valence-corrected chi connectivity index (χ1v) is 7.47. The molecule has 0 spiro atoms. The van der Waals surface area contributed by atoms with Crippen LogP contribution in [0, 0.1) is 5.82 Å². The quantitative estimate of drug-likeness (QED) is 0.748. The molecule has 1 heterocycles. The second kappa shape index (κ2) is 6.81. The van der Waals surface area contributed by atoms with Crippen LogP contribution in [0.15, 0.2) is 54.7 Å². The highest BCUT2D eigenvalue weighted by Gasteiger charge is 2.05. The highest BCUT2D eigenvalue weighted by atomic mass is 35.5. The van der Waals surface area contributed by atoms with E-state index in [-0.39, 0.29) is 12.4 Å². The van der Waals surface area contributed by atoms with E-state index in [1.807, 2.05) is 12.3 Å². The van der Waals surface area contributed by atoms with Crippen molar-refractivity contribution in [1.29, 1.82) is 0 Å². The molecular weight excluding hydrogens is 317 g/mol. The Morgan fingerprint density at radius 3 is 2.65 bits per heavy atom. The average molecular weight is 332 g/mol. The lowest BCUT2D eigenvalue weighted by Crippen LogP contribution is -2.03. The standard InChI is InChI=1S/C17H15ClFN3O/c18-16-6-1-12(11-23)9-17(16)20-10-14-7-8-22(21-14)15-4-2-13(19)3-5-15/h1-9,20,23H,10-11H2. The van der Waals surface area contributed by atoms with Crippen LogP contribution in [0.1, 0.15) is 11.3 Å². The van der Waals surface area contributed by atoms with Crippen LogP contribution in [-0.4, -0.2) is 14.9 Å². The normalized spacial score (nSPS) is 10.7. The highest BCUT2D eigenvalue weighted by molar-refractivity contribution is 6.33. The number of hydrogen-bond donors (Lipinski definition) is 2. The van der Waals surface area contributed by atoms with Crippen LogP contribution >= 0.6 is 11.6 Å². The van der Waals surface area contributed by atoms with Gasteiger partial charge in [0.25, 0.3) is 0 Å². The molecule has 4 nitrogen and oxygen atoms in total. The van der Waals surface area contributed by atoms with Gasteiger partial charge in [-0.1, -0.05) is 17.7 Å². The number of aliphatic hydroxyl groups is 1. The third kappa shape index (κ3) is 3.70. The van der Waals surface area contributed by atoms with Crippen LogP contribution in [0.3, 0.4) is 0 Å². The third-order valence-corrected chi connectivity index (χ3v) is 3.74. The number of hydrogen-bond acceptors (Lipinski definition) is 3. The summed E-state index contributed by atoms with van der Waals surface area (Å²) >= 11 is 6.13. The Labute approximate surface area is 138 Å². The molecular formula is C17H15ClFN3O. The summed E-state index contributed by atoms with van der Waals surface area (Å²) in [5.74, 6) is -0.277. The molecule has 118 valence electrons. The molecule has 3 rings (SSSR count). The van der Waals surface area contributed by atoms with Gasteiger partial charge in [0.1, 0.15) is 5.82 Å². The first-order chi connectivity index (χ1) is 11.2. The Balaban J connectivity index is 1.71. The minimum Gasteiger partial charge on any atom is -0.392 e. The van der Waals surface area contributed by atoms with Gasteiger partial charge in [0.15, 0.2) is 0 Å². The maximum absolute atomic E-state index is 12.9. The number of rotatable bonds is 5. The molecule has 0 amide bonds. The predicted molar refractivity (Wildman–Crippen MR) is 88.2 cm³/mol. The zero-order valence-corrected chi connectivity index (χ0v) is 13.0. The van der Waals surface area contributed by atoms with E-state index in [9.17, 15) is 9.50 Å². The van der Waals surface area contributed by atoms with Crippen LogP contribution in [0.5, 0.6) is 0 Å². The van der Waals surface area contributed by atoms with Gasteiger partial charge in [-0.25, -0.2) is 9.07 Å². The minimum absolute atomic E-state index is 0.0367. The van der Waals surface area contributed by atoms with Gasteiger partial charge in [0.2, 0.25) is 0 Å². The summed E-state index contributed by atoms with van der Waals surface area (Å²) < 4.78 is 14.6. The van der Waals surface area contributed by atoms with Crippen molar-refractivity contribution in [2.45, 2.75) is 13.2 Å². The molecule has 0 bridgehead atoms. The van der Waals surface area contributed by atoms with Crippen molar-refractivity contribution < 1.29 is 9.50 Å². The van der Waals surface area contributed by atoms with Gasteiger partial charge in [0.05, 0.1) is 35.2 Å². The van der Waals surface area contributed by atoms with E-state index in [4.69, 9.17) is 11.6 Å². The van der Waals surface area contributed by atoms with Crippen LogP contribution in [0.25, 0.3) is 5.69 Å². The zero-order chi connectivity index (χ0) is 16.2. The predicted octanol–water partition coefficient (Wildman–Crippen LogP) is 3.77. The van der Waals surface area contributed by atoms with Gasteiger partial charge in [-0.05, 0) is 48.0 Å². The van der Waals surface area contributed by atoms with Crippen LogP contribution < -0.4 is 5.32 Å². The fourth-order valence-electron chi connectivity index (χ4n) is 2.19. The van der Waals surface area contributed by atoms with Gasteiger partial charge in [-0.2, -0.15) is 5.10 Å². The molecule has 0 atom stereocenters. The largest absolute Gasteiger partial charge is 0.392 e. The van der Waals surface area contributed by atoms with E-state index in [1.54, 1.807) is 35.0 Å². The number of anilines is 1. The van der Waals surface area contributed by atoms with E-state index >= 15 is 0 Å². The van der Waals surface area contributed by atoms with Crippen LogP contribution in [0.4, 0.5) is 10.1 Å². The van der Waals surface area contributed by atoms with E-state index < -0.39 is 0 Å². The molecule has 0 radical (unpaired) electrons. The molecule has 6 heteroatoms. The molecule has 0 saturated carbocycles. The summed E-state index contributed by atoms with van der Waals surface area (Å²) in [7, 11) is 0. The molecule has 2 N–H and O–H groups in total. The zero-order valence-electron chi connectivity index (χ0n) is 12.2. The smallest absolute Gasteiger partial charge is 0.123 e. The summed E-state index contributed by atoms with van der Waals surface area (Å²) in [5, 5.41) is 17.4. The fraction of sp³-hybridized carbons (Fsp3) is 0.118. The molecule has 0 saturated heterocycles. The first-order valence-electron chi connectivity index (χ1n) is 7.09. The van der Waals surface area contributed by atoms with Crippen LogP contribution in [-0.2, 0) is 13.2 Å². The Kier molecular flexibility index (Phi) is 4.60. The van der Waals surface area contributed by atoms with Gasteiger partial charge >= 0.3 is 0 Å². The lowest BCUT2D eigenvalue weighted by molar-refractivity contribution is 0.282. The Morgan fingerprint density at radius 1 is 1.13 bits per heavy atom. The monoisotopic (exact) mass is 331 g/mol. The maximum atomic E-state index is 12.9. The lowest BCUT2D eigenvalue weighted by atomic mass is 10.2. The lowest BCUT2D eigenvalue weighted by Gasteiger charge is -2.08. The SMILES string of the molecule is OCc1ccc(Cl)c(NCc2ccn(-c3ccc(F)cc3)n2)c1. The topological polar surface area (TPSA) is 50.1 Å². The number of nitrogens with zero attached hydrogens (tertiary/aromatic N) is 2. The van der Waals surface area contributed by atoms with Crippen molar-refractivity contribution in [1.82, 2.24) is 9.78 Å². The summed E-state index contributed by atoms with van der Waals surface area (Å²) in [5.41, 5.74) is 3.14. The number of aliphatic hydroxyl groups excluding tert-OH is 1. The van der Waals surface area contributed by atoms with E-state index in [0.29, 0.717) is 11.6 Å². The van der Waals surface area contributed by atoms with Crippen molar-refractivity contribution in [3.63, 3.8) is 0 Å². The molecule has 0 aliphatic carbocycles. The summed E-state index contributed by atoms with van der Waals surface area (Å²) in [4.78, 5) is 0. The molecule has 2 aromatic carbocycles. The number of halogens is 2. The van der Waals surface area contributed by atoms with Gasteiger partial charge in [-0.3, -0.25) is 0 Å². The minimum atomic E-state index is -0.277. The molecule has 0 unspecified atom stereocenters. The summed E-state index contributed by atoms with van der Waals surface area (Å²) in [6.07, 6.45) is 1.82. The molecule has 23 heavy (non-hydrogen) atoms. The summed E-state index contributed by atoms with van der Waals surface area (Å²) in [6, 6.07) is 13.3. The molecule has 3 aromatic rings. The van der Waals surface area contributed by atoms with Crippen molar-refractivity contribution >= 4 is 17.3 Å². The number of benzene rings is 2. The van der Waals surface area contributed by atoms with E-state index in [0.717, 1.165) is 22.6 Å². The van der Waals surface area contributed by atoms with Crippen molar-refractivity contribution in [3.05, 3.63) is 76.8 Å². The number of nitrogens with one attached hydrogen (secondary N) is 1. The molecule has 0 aliphatic heterocycles. The van der Waals surface area contributed by atoms with Crippen LogP contribution in [0.2, 0.25) is 5.02 Å². The maximum Gasteiger partial charge on any atom is 0.123 e. The Morgan fingerprint density at radius 2 is 1.91 bits per heavy atom. The highest BCUT2D eigenvalue weighted by Crippen LogP contribution is 2.23. The summed E-state index contributed by atoms with van der Waals surface area (Å²) in [6.45, 7) is 0.452. The van der Waals surface area contributed by atoms with Crippen molar-refractivity contribution in [2.24, 2.45) is 0 Å². The fourth-order valence-corrected chi connectivity index (χ4v) is 2.37.